The Balaban J connectivity index is 1.83. The Bertz CT molecular complexity index is 1200. The van der Waals surface area contributed by atoms with Crippen molar-refractivity contribution in [2.75, 3.05) is 18.0 Å². The summed E-state index contributed by atoms with van der Waals surface area (Å²) < 4.78 is 32.7. The van der Waals surface area contributed by atoms with E-state index in [1.54, 1.807) is 48.5 Å². The quantitative estimate of drug-likeness (QED) is 0.374. The number of nitrogens with one attached hydrogen (secondary N) is 1. The van der Waals surface area contributed by atoms with Crippen molar-refractivity contribution >= 4 is 51.0 Å². The number of benzene rings is 3. The minimum absolute atomic E-state index is 0.0151. The average molecular weight is 492 g/mol. The Kier molecular flexibility index (Phi) is 7.74. The van der Waals surface area contributed by atoms with Gasteiger partial charge in [0.1, 0.15) is 12.3 Å². The fourth-order valence-electron chi connectivity index (χ4n) is 2.75. The number of nitrogens with zero attached hydrogens (tertiary/aromatic N) is 2. The number of methoxy groups -OCH3 is 1. The van der Waals surface area contributed by atoms with Gasteiger partial charge in [0.15, 0.2) is 0 Å². The molecule has 3 rings (SSSR count). The zero-order chi connectivity index (χ0) is 23.1. The van der Waals surface area contributed by atoms with Crippen molar-refractivity contribution in [1.29, 1.82) is 0 Å². The summed E-state index contributed by atoms with van der Waals surface area (Å²) in [6, 6.07) is 19.2. The van der Waals surface area contributed by atoms with Gasteiger partial charge in [-0.2, -0.15) is 5.10 Å². The Morgan fingerprint density at radius 3 is 2.22 bits per heavy atom. The van der Waals surface area contributed by atoms with E-state index < -0.39 is 22.5 Å². The van der Waals surface area contributed by atoms with Crippen molar-refractivity contribution in [3.8, 4) is 5.75 Å². The number of carbonyl (C=O) groups excluding carboxylic acids is 1. The second-order valence-corrected chi connectivity index (χ2v) is 9.13. The van der Waals surface area contributed by atoms with Crippen LogP contribution in [-0.2, 0) is 14.8 Å². The lowest BCUT2D eigenvalue weighted by atomic mass is 10.2. The van der Waals surface area contributed by atoms with Crippen LogP contribution in [0.2, 0.25) is 10.0 Å². The minimum atomic E-state index is -4.04. The molecule has 0 saturated carbocycles. The molecule has 0 aliphatic carbocycles. The van der Waals surface area contributed by atoms with E-state index in [9.17, 15) is 13.2 Å². The van der Waals surface area contributed by atoms with Gasteiger partial charge in [-0.1, -0.05) is 47.5 Å². The highest BCUT2D eigenvalue weighted by Crippen LogP contribution is 2.25. The van der Waals surface area contributed by atoms with Gasteiger partial charge < -0.3 is 4.74 Å². The van der Waals surface area contributed by atoms with Gasteiger partial charge in [-0.15, -0.1) is 0 Å². The van der Waals surface area contributed by atoms with Crippen LogP contribution in [0.4, 0.5) is 5.69 Å². The second kappa shape index (κ2) is 10.5. The fraction of sp³-hybridized carbons (Fsp3) is 0.0909. The number of hydrogen-bond donors (Lipinski definition) is 1. The second-order valence-electron chi connectivity index (χ2n) is 6.45. The summed E-state index contributed by atoms with van der Waals surface area (Å²) in [5.41, 5.74) is 3.08. The monoisotopic (exact) mass is 491 g/mol. The molecular formula is C22H19Cl2N3O4S. The lowest BCUT2D eigenvalue weighted by molar-refractivity contribution is -0.119. The highest BCUT2D eigenvalue weighted by molar-refractivity contribution is 7.92. The molecule has 0 saturated heterocycles. The Hall–Kier alpha value is -3.07. The zero-order valence-corrected chi connectivity index (χ0v) is 19.2. The molecule has 0 spiro atoms. The van der Waals surface area contributed by atoms with Crippen LogP contribution in [-0.4, -0.2) is 34.2 Å². The van der Waals surface area contributed by atoms with Crippen LogP contribution in [0.3, 0.4) is 0 Å². The third kappa shape index (κ3) is 5.59. The maximum Gasteiger partial charge on any atom is 0.264 e. The van der Waals surface area contributed by atoms with Crippen LogP contribution in [0.5, 0.6) is 5.75 Å². The number of hydrogen-bond acceptors (Lipinski definition) is 5. The molecule has 32 heavy (non-hydrogen) atoms. The predicted octanol–water partition coefficient (Wildman–Crippen LogP) is 4.35. The van der Waals surface area contributed by atoms with E-state index in [4.69, 9.17) is 27.9 Å². The summed E-state index contributed by atoms with van der Waals surface area (Å²) in [6.07, 6.45) is 1.30. The normalized spacial score (nSPS) is 11.3. The average Bonchev–Trinajstić information content (AvgIpc) is 2.80. The smallest absolute Gasteiger partial charge is 0.264 e. The molecule has 10 heteroatoms. The van der Waals surface area contributed by atoms with E-state index in [0.717, 1.165) is 4.31 Å². The number of para-hydroxylation sites is 1. The highest BCUT2D eigenvalue weighted by atomic mass is 35.5. The van der Waals surface area contributed by atoms with Crippen molar-refractivity contribution in [3.05, 3.63) is 88.4 Å². The first-order valence-electron chi connectivity index (χ1n) is 9.30. The van der Waals surface area contributed by atoms with Crippen molar-refractivity contribution in [2.45, 2.75) is 4.90 Å². The van der Waals surface area contributed by atoms with E-state index in [-0.39, 0.29) is 4.90 Å². The molecule has 0 aromatic heterocycles. The number of amides is 1. The fourth-order valence-corrected chi connectivity index (χ4v) is 4.67. The molecule has 166 valence electrons. The number of halogens is 2. The van der Waals surface area contributed by atoms with E-state index in [2.05, 4.69) is 10.5 Å². The first-order chi connectivity index (χ1) is 15.3. The van der Waals surface area contributed by atoms with Crippen LogP contribution in [0.25, 0.3) is 0 Å². The SMILES string of the molecule is COc1ccc(S(=O)(=O)N(CC(=O)N/N=C\c2c(Cl)cccc2Cl)c2ccccc2)cc1. The van der Waals surface area contributed by atoms with Crippen molar-refractivity contribution < 1.29 is 17.9 Å². The summed E-state index contributed by atoms with van der Waals surface area (Å²) in [7, 11) is -2.56. The molecule has 3 aromatic carbocycles. The molecule has 0 heterocycles. The summed E-state index contributed by atoms with van der Waals surface area (Å²) in [6.45, 7) is -0.494. The van der Waals surface area contributed by atoms with Gasteiger partial charge in [0, 0.05) is 5.56 Å². The third-order valence-corrected chi connectivity index (χ3v) is 6.81. The molecule has 3 aromatic rings. The van der Waals surface area contributed by atoms with E-state index in [0.29, 0.717) is 27.0 Å². The van der Waals surface area contributed by atoms with Crippen molar-refractivity contribution in [2.24, 2.45) is 5.10 Å². The molecule has 1 amide bonds. The van der Waals surface area contributed by atoms with Gasteiger partial charge in [-0.3, -0.25) is 9.10 Å². The van der Waals surface area contributed by atoms with Crippen LogP contribution < -0.4 is 14.5 Å². The molecule has 0 aliphatic heterocycles. The van der Waals surface area contributed by atoms with Gasteiger partial charge in [-0.25, -0.2) is 13.8 Å². The van der Waals surface area contributed by atoms with Gasteiger partial charge in [-0.05, 0) is 48.5 Å². The molecule has 0 aliphatic rings. The number of hydrazone groups is 1. The van der Waals surface area contributed by atoms with Crippen LogP contribution >= 0.6 is 23.2 Å². The molecule has 0 atom stereocenters. The summed E-state index contributed by atoms with van der Waals surface area (Å²) in [4.78, 5) is 12.6. The van der Waals surface area contributed by atoms with E-state index in [1.807, 2.05) is 0 Å². The third-order valence-electron chi connectivity index (χ3n) is 4.36. The first-order valence-corrected chi connectivity index (χ1v) is 11.5. The lowest BCUT2D eigenvalue weighted by Gasteiger charge is -2.23. The maximum atomic E-state index is 13.3. The summed E-state index contributed by atoms with van der Waals surface area (Å²) in [5.74, 6) is -0.133. The summed E-state index contributed by atoms with van der Waals surface area (Å²) in [5, 5.41) is 4.58. The van der Waals surface area contributed by atoms with Gasteiger partial charge in [0.2, 0.25) is 0 Å². The molecule has 0 unspecified atom stereocenters. The van der Waals surface area contributed by atoms with E-state index in [1.165, 1.54) is 37.6 Å². The Morgan fingerprint density at radius 2 is 1.62 bits per heavy atom. The highest BCUT2D eigenvalue weighted by Gasteiger charge is 2.27. The molecule has 7 nitrogen and oxygen atoms in total. The minimum Gasteiger partial charge on any atom is -0.497 e. The summed E-state index contributed by atoms with van der Waals surface area (Å²) >= 11 is 12.1. The number of ether oxygens (including phenoxy) is 1. The van der Waals surface area contributed by atoms with Crippen molar-refractivity contribution in [3.63, 3.8) is 0 Å². The Morgan fingerprint density at radius 1 is 1.00 bits per heavy atom. The zero-order valence-electron chi connectivity index (χ0n) is 16.9. The topological polar surface area (TPSA) is 88.1 Å². The van der Waals surface area contributed by atoms with E-state index >= 15 is 0 Å². The van der Waals surface area contributed by atoms with Gasteiger partial charge >= 0.3 is 0 Å². The van der Waals surface area contributed by atoms with Crippen LogP contribution in [0.1, 0.15) is 5.56 Å². The van der Waals surface area contributed by atoms with Gasteiger partial charge in [0.05, 0.1) is 34.0 Å². The molecule has 1 N–H and O–H groups in total. The number of sulfonamides is 1. The van der Waals surface area contributed by atoms with Crippen molar-refractivity contribution in [1.82, 2.24) is 5.43 Å². The van der Waals surface area contributed by atoms with Crippen LogP contribution in [0.15, 0.2) is 82.8 Å². The Labute approximate surface area is 196 Å². The van der Waals surface area contributed by atoms with Gasteiger partial charge in [0.25, 0.3) is 15.9 Å². The molecular weight excluding hydrogens is 473 g/mol. The predicted molar refractivity (Wildman–Crippen MR) is 126 cm³/mol. The molecule has 0 radical (unpaired) electrons. The maximum absolute atomic E-state index is 13.3. The van der Waals surface area contributed by atoms with Crippen LogP contribution in [0, 0.1) is 0 Å². The molecule has 0 bridgehead atoms. The number of anilines is 1. The number of rotatable bonds is 8. The largest absolute Gasteiger partial charge is 0.497 e. The number of carbonyl (C=O) groups is 1. The lowest BCUT2D eigenvalue weighted by Crippen LogP contribution is -2.39. The molecule has 0 fully saturated rings. The first kappa shape index (κ1) is 23.6. The standard InChI is InChI=1S/C22H19Cl2N3O4S/c1-31-17-10-12-18(13-11-17)32(29,30)27(16-6-3-2-4-7-16)15-22(28)26-25-14-19-20(23)8-5-9-21(19)24/h2-14H,15H2,1H3,(H,26,28)/b25-14-.